The molecule has 2 aliphatic rings. The maximum atomic E-state index is 3.47. The normalized spacial score (nSPS) is 24.1. The standard InChI is InChI=1S/C12H16N2/c1-9-7-10-3-2-4-11-12(10)14(8-9)6-5-13-11/h2-4,9,13H,5-8H2,1H3. The van der Waals surface area contributed by atoms with Crippen molar-refractivity contribution in [1.82, 2.24) is 0 Å². The molecule has 0 amide bonds. The molecule has 2 heteroatoms. The maximum absolute atomic E-state index is 3.47. The molecule has 0 fully saturated rings. The Morgan fingerprint density at radius 1 is 1.43 bits per heavy atom. The third kappa shape index (κ3) is 1.10. The van der Waals surface area contributed by atoms with Crippen LogP contribution in [0.4, 0.5) is 11.4 Å². The van der Waals surface area contributed by atoms with Gasteiger partial charge >= 0.3 is 0 Å². The zero-order valence-electron chi connectivity index (χ0n) is 8.59. The number of hydrogen-bond donors (Lipinski definition) is 1. The molecule has 1 atom stereocenters. The molecule has 0 saturated heterocycles. The minimum Gasteiger partial charge on any atom is -0.382 e. The maximum Gasteiger partial charge on any atom is 0.0635 e. The second-order valence-corrected chi connectivity index (χ2v) is 4.50. The van der Waals surface area contributed by atoms with E-state index in [0.29, 0.717) is 0 Å². The van der Waals surface area contributed by atoms with Gasteiger partial charge in [-0.1, -0.05) is 19.1 Å². The highest BCUT2D eigenvalue weighted by atomic mass is 15.2. The minimum absolute atomic E-state index is 0.802. The van der Waals surface area contributed by atoms with Gasteiger partial charge in [-0.2, -0.15) is 0 Å². The molecule has 2 heterocycles. The van der Waals surface area contributed by atoms with Gasteiger partial charge in [0.2, 0.25) is 0 Å². The van der Waals surface area contributed by atoms with E-state index in [9.17, 15) is 0 Å². The van der Waals surface area contributed by atoms with Crippen molar-refractivity contribution in [2.45, 2.75) is 13.3 Å². The van der Waals surface area contributed by atoms with Gasteiger partial charge in [-0.15, -0.1) is 0 Å². The topological polar surface area (TPSA) is 15.3 Å². The summed E-state index contributed by atoms with van der Waals surface area (Å²) >= 11 is 0. The highest BCUT2D eigenvalue weighted by molar-refractivity contribution is 5.76. The summed E-state index contributed by atoms with van der Waals surface area (Å²) in [5.74, 6) is 0.802. The lowest BCUT2D eigenvalue weighted by Crippen LogP contribution is -2.40. The summed E-state index contributed by atoms with van der Waals surface area (Å²) in [4.78, 5) is 2.54. The van der Waals surface area contributed by atoms with Gasteiger partial charge in [-0.3, -0.25) is 0 Å². The van der Waals surface area contributed by atoms with Gasteiger partial charge in [0, 0.05) is 19.6 Å². The molecule has 74 valence electrons. The molecule has 1 N–H and O–H groups in total. The van der Waals surface area contributed by atoms with Crippen molar-refractivity contribution in [2.24, 2.45) is 5.92 Å². The van der Waals surface area contributed by atoms with Crippen LogP contribution in [0.3, 0.4) is 0 Å². The van der Waals surface area contributed by atoms with Gasteiger partial charge in [0.05, 0.1) is 11.4 Å². The van der Waals surface area contributed by atoms with Crippen LogP contribution in [-0.2, 0) is 6.42 Å². The molecular formula is C12H16N2. The van der Waals surface area contributed by atoms with Crippen LogP contribution >= 0.6 is 0 Å². The monoisotopic (exact) mass is 188 g/mol. The Morgan fingerprint density at radius 2 is 2.36 bits per heavy atom. The number of rotatable bonds is 0. The minimum atomic E-state index is 0.802. The summed E-state index contributed by atoms with van der Waals surface area (Å²) in [7, 11) is 0. The molecule has 2 nitrogen and oxygen atoms in total. The van der Waals surface area contributed by atoms with E-state index in [1.807, 2.05) is 0 Å². The zero-order chi connectivity index (χ0) is 9.54. The number of benzene rings is 1. The fraction of sp³-hybridized carbons (Fsp3) is 0.500. The molecule has 0 spiro atoms. The molecule has 1 aromatic carbocycles. The predicted molar refractivity (Wildman–Crippen MR) is 60.0 cm³/mol. The van der Waals surface area contributed by atoms with Gasteiger partial charge in [0.25, 0.3) is 0 Å². The largest absolute Gasteiger partial charge is 0.382 e. The lowest BCUT2D eigenvalue weighted by molar-refractivity contribution is 0.531. The van der Waals surface area contributed by atoms with E-state index in [-0.39, 0.29) is 0 Å². The molecule has 0 bridgehead atoms. The van der Waals surface area contributed by atoms with E-state index < -0.39 is 0 Å². The Hall–Kier alpha value is -1.18. The second kappa shape index (κ2) is 2.91. The number of anilines is 2. The van der Waals surface area contributed by atoms with Crippen LogP contribution in [0.15, 0.2) is 18.2 Å². The van der Waals surface area contributed by atoms with Crippen LogP contribution in [0.5, 0.6) is 0 Å². The van der Waals surface area contributed by atoms with E-state index >= 15 is 0 Å². The molecule has 2 aliphatic heterocycles. The molecule has 1 unspecified atom stereocenters. The van der Waals surface area contributed by atoms with Crippen LogP contribution in [-0.4, -0.2) is 19.6 Å². The Morgan fingerprint density at radius 3 is 3.29 bits per heavy atom. The van der Waals surface area contributed by atoms with E-state index in [1.165, 1.54) is 29.9 Å². The number of nitrogens with zero attached hydrogens (tertiary/aromatic N) is 1. The molecule has 0 aliphatic carbocycles. The summed E-state index contributed by atoms with van der Waals surface area (Å²) in [6, 6.07) is 6.64. The smallest absolute Gasteiger partial charge is 0.0635 e. The first kappa shape index (κ1) is 8.16. The van der Waals surface area contributed by atoms with Gasteiger partial charge in [-0.05, 0) is 24.0 Å². The summed E-state index contributed by atoms with van der Waals surface area (Å²) in [5.41, 5.74) is 4.32. The van der Waals surface area contributed by atoms with Crippen LogP contribution in [0, 0.1) is 5.92 Å². The highest BCUT2D eigenvalue weighted by Gasteiger charge is 2.26. The van der Waals surface area contributed by atoms with Crippen LogP contribution < -0.4 is 10.2 Å². The van der Waals surface area contributed by atoms with Crippen LogP contribution in [0.1, 0.15) is 12.5 Å². The van der Waals surface area contributed by atoms with Gasteiger partial charge in [-0.25, -0.2) is 0 Å². The van der Waals surface area contributed by atoms with Crippen LogP contribution in [0.25, 0.3) is 0 Å². The quantitative estimate of drug-likeness (QED) is 0.671. The van der Waals surface area contributed by atoms with Crippen molar-refractivity contribution in [3.8, 4) is 0 Å². The first-order valence-corrected chi connectivity index (χ1v) is 5.45. The van der Waals surface area contributed by atoms with E-state index in [0.717, 1.165) is 19.0 Å². The third-order valence-electron chi connectivity index (χ3n) is 3.23. The number of hydrogen-bond acceptors (Lipinski definition) is 2. The van der Waals surface area contributed by atoms with Crippen molar-refractivity contribution in [3.63, 3.8) is 0 Å². The number of nitrogens with one attached hydrogen (secondary N) is 1. The third-order valence-corrected chi connectivity index (χ3v) is 3.23. The van der Waals surface area contributed by atoms with Gasteiger partial charge in [0.15, 0.2) is 0 Å². The molecular weight excluding hydrogens is 172 g/mol. The summed E-state index contributed by atoms with van der Waals surface area (Å²) < 4.78 is 0. The van der Waals surface area contributed by atoms with Crippen molar-refractivity contribution in [2.75, 3.05) is 29.9 Å². The Kier molecular flexibility index (Phi) is 1.69. The van der Waals surface area contributed by atoms with E-state index in [4.69, 9.17) is 0 Å². The molecule has 0 radical (unpaired) electrons. The fourth-order valence-electron chi connectivity index (χ4n) is 2.71. The average molecular weight is 188 g/mol. The van der Waals surface area contributed by atoms with E-state index in [2.05, 4.69) is 35.3 Å². The molecule has 14 heavy (non-hydrogen) atoms. The molecule has 0 aromatic heterocycles. The predicted octanol–water partition coefficient (Wildman–Crippen LogP) is 2.11. The Labute approximate surface area is 84.9 Å². The lowest BCUT2D eigenvalue weighted by atomic mass is 9.92. The van der Waals surface area contributed by atoms with Crippen molar-refractivity contribution >= 4 is 11.4 Å². The SMILES string of the molecule is CC1Cc2cccc3c2N(CCN3)C1. The van der Waals surface area contributed by atoms with Gasteiger partial charge in [0.1, 0.15) is 0 Å². The van der Waals surface area contributed by atoms with Crippen molar-refractivity contribution < 1.29 is 0 Å². The number of para-hydroxylation sites is 1. The first-order chi connectivity index (χ1) is 6.84. The molecule has 0 saturated carbocycles. The fourth-order valence-corrected chi connectivity index (χ4v) is 2.71. The lowest BCUT2D eigenvalue weighted by Gasteiger charge is -2.39. The molecule has 1 aromatic rings. The van der Waals surface area contributed by atoms with Gasteiger partial charge < -0.3 is 10.2 Å². The second-order valence-electron chi connectivity index (χ2n) is 4.50. The van der Waals surface area contributed by atoms with Crippen LogP contribution in [0.2, 0.25) is 0 Å². The summed E-state index contributed by atoms with van der Waals surface area (Å²) in [5, 5.41) is 3.47. The Balaban J connectivity index is 2.14. The summed E-state index contributed by atoms with van der Waals surface area (Å²) in [6.45, 7) is 5.82. The molecule has 3 rings (SSSR count). The highest BCUT2D eigenvalue weighted by Crippen LogP contribution is 2.37. The van der Waals surface area contributed by atoms with Crippen molar-refractivity contribution in [3.05, 3.63) is 23.8 Å². The van der Waals surface area contributed by atoms with E-state index in [1.54, 1.807) is 0 Å². The summed E-state index contributed by atoms with van der Waals surface area (Å²) in [6.07, 6.45) is 1.24. The Bertz CT molecular complexity index is 359. The van der Waals surface area contributed by atoms with Crippen molar-refractivity contribution in [1.29, 1.82) is 0 Å². The average Bonchev–Trinajstić information content (AvgIpc) is 2.18. The first-order valence-electron chi connectivity index (χ1n) is 5.45. The zero-order valence-corrected chi connectivity index (χ0v) is 8.59.